The van der Waals surface area contributed by atoms with Gasteiger partial charge >= 0.3 is 5.97 Å². The number of rotatable bonds is 5. The Morgan fingerprint density at radius 2 is 2.00 bits per heavy atom. The fraction of sp³-hybridized carbons (Fsp3) is 0.300. The number of carboxylic acid groups (broad SMARTS) is 1. The second kappa shape index (κ2) is 5.21. The lowest BCUT2D eigenvalue weighted by Crippen LogP contribution is -2.04. The van der Waals surface area contributed by atoms with Crippen molar-refractivity contribution >= 4 is 11.7 Å². The van der Waals surface area contributed by atoms with Crippen LogP contribution in [-0.4, -0.2) is 17.6 Å². The molecule has 0 aliphatic rings. The van der Waals surface area contributed by atoms with Crippen LogP contribution in [0.2, 0.25) is 0 Å². The highest BCUT2D eigenvalue weighted by atomic mass is 19.1. The third-order valence-electron chi connectivity index (χ3n) is 1.74. The Morgan fingerprint density at radius 3 is 2.57 bits per heavy atom. The number of halogens is 1. The summed E-state index contributed by atoms with van der Waals surface area (Å²) in [7, 11) is 0. The molecule has 0 radical (unpaired) electrons. The molecule has 0 bridgehead atoms. The Hall–Kier alpha value is -1.58. The van der Waals surface area contributed by atoms with Gasteiger partial charge in [-0.05, 0) is 30.7 Å². The van der Waals surface area contributed by atoms with Gasteiger partial charge in [-0.15, -0.1) is 0 Å². The van der Waals surface area contributed by atoms with Gasteiger partial charge in [-0.1, -0.05) is 0 Å². The van der Waals surface area contributed by atoms with Crippen molar-refractivity contribution in [3.63, 3.8) is 0 Å². The summed E-state index contributed by atoms with van der Waals surface area (Å²) in [5, 5.41) is 11.4. The van der Waals surface area contributed by atoms with Crippen LogP contribution in [0.4, 0.5) is 10.1 Å². The predicted molar refractivity (Wildman–Crippen MR) is 51.8 cm³/mol. The Labute approximate surface area is 81.6 Å². The molecule has 0 aliphatic heterocycles. The summed E-state index contributed by atoms with van der Waals surface area (Å²) in [6.45, 7) is 0.581. The van der Waals surface area contributed by atoms with Crippen molar-refractivity contribution in [1.82, 2.24) is 0 Å². The molecule has 14 heavy (non-hydrogen) atoms. The lowest BCUT2D eigenvalue weighted by molar-refractivity contribution is -0.137. The van der Waals surface area contributed by atoms with Crippen LogP contribution < -0.4 is 5.32 Å². The van der Waals surface area contributed by atoms with Gasteiger partial charge in [0.15, 0.2) is 0 Å². The molecule has 0 atom stereocenters. The highest BCUT2D eigenvalue weighted by Gasteiger charge is 1.96. The van der Waals surface area contributed by atoms with Crippen LogP contribution in [0.3, 0.4) is 0 Å². The van der Waals surface area contributed by atoms with Gasteiger partial charge in [0.05, 0.1) is 0 Å². The van der Waals surface area contributed by atoms with Crippen molar-refractivity contribution in [2.75, 3.05) is 11.9 Å². The first-order chi connectivity index (χ1) is 6.68. The molecule has 2 N–H and O–H groups in total. The minimum atomic E-state index is -0.800. The van der Waals surface area contributed by atoms with E-state index in [4.69, 9.17) is 5.11 Å². The maximum absolute atomic E-state index is 12.5. The zero-order valence-electron chi connectivity index (χ0n) is 7.66. The molecule has 0 amide bonds. The van der Waals surface area contributed by atoms with E-state index in [9.17, 15) is 9.18 Å². The normalized spacial score (nSPS) is 9.79. The number of anilines is 1. The summed E-state index contributed by atoms with van der Waals surface area (Å²) in [5.74, 6) is -1.08. The van der Waals surface area contributed by atoms with Gasteiger partial charge in [0.25, 0.3) is 0 Å². The second-order valence-electron chi connectivity index (χ2n) is 2.93. The number of aliphatic carboxylic acids is 1. The standard InChI is InChI=1S/C10H12FNO2/c11-8-3-5-9(6-4-8)12-7-1-2-10(13)14/h3-6,12H,1-2,7H2,(H,13,14). The number of hydrogen-bond acceptors (Lipinski definition) is 2. The third-order valence-corrected chi connectivity index (χ3v) is 1.74. The van der Waals surface area contributed by atoms with Gasteiger partial charge in [-0.3, -0.25) is 4.79 Å². The minimum absolute atomic E-state index is 0.147. The van der Waals surface area contributed by atoms with Crippen LogP contribution in [0.15, 0.2) is 24.3 Å². The van der Waals surface area contributed by atoms with Crippen molar-refractivity contribution in [3.8, 4) is 0 Å². The number of benzene rings is 1. The zero-order valence-corrected chi connectivity index (χ0v) is 7.66. The summed E-state index contributed by atoms with van der Waals surface area (Å²) >= 11 is 0. The summed E-state index contributed by atoms with van der Waals surface area (Å²) in [6.07, 6.45) is 0.709. The van der Waals surface area contributed by atoms with Crippen molar-refractivity contribution in [2.45, 2.75) is 12.8 Å². The van der Waals surface area contributed by atoms with E-state index in [0.29, 0.717) is 13.0 Å². The minimum Gasteiger partial charge on any atom is -0.481 e. The molecule has 1 aromatic rings. The average molecular weight is 197 g/mol. The van der Waals surface area contributed by atoms with Crippen molar-refractivity contribution in [1.29, 1.82) is 0 Å². The third kappa shape index (κ3) is 3.89. The van der Waals surface area contributed by atoms with Crippen LogP contribution in [-0.2, 0) is 4.79 Å². The highest BCUT2D eigenvalue weighted by molar-refractivity contribution is 5.66. The smallest absolute Gasteiger partial charge is 0.303 e. The van der Waals surface area contributed by atoms with Crippen LogP contribution in [0.1, 0.15) is 12.8 Å². The monoisotopic (exact) mass is 197 g/mol. The highest BCUT2D eigenvalue weighted by Crippen LogP contribution is 2.08. The zero-order chi connectivity index (χ0) is 10.4. The Balaban J connectivity index is 2.25. The van der Waals surface area contributed by atoms with Gasteiger partial charge in [0, 0.05) is 18.7 Å². The number of hydrogen-bond donors (Lipinski definition) is 2. The number of nitrogens with one attached hydrogen (secondary N) is 1. The average Bonchev–Trinajstić information content (AvgIpc) is 2.15. The van der Waals surface area contributed by atoms with E-state index < -0.39 is 5.97 Å². The molecule has 3 nitrogen and oxygen atoms in total. The summed E-state index contributed by atoms with van der Waals surface area (Å²) in [4.78, 5) is 10.2. The quantitative estimate of drug-likeness (QED) is 0.710. The van der Waals surface area contributed by atoms with Crippen LogP contribution in [0, 0.1) is 5.82 Å². The fourth-order valence-corrected chi connectivity index (χ4v) is 1.04. The molecular formula is C10H12FNO2. The fourth-order valence-electron chi connectivity index (χ4n) is 1.04. The van der Waals surface area contributed by atoms with E-state index >= 15 is 0 Å². The summed E-state index contributed by atoms with van der Waals surface area (Å²) in [6, 6.07) is 5.96. The van der Waals surface area contributed by atoms with Gasteiger partial charge in [0.1, 0.15) is 5.82 Å². The van der Waals surface area contributed by atoms with E-state index in [2.05, 4.69) is 5.32 Å². The molecule has 0 heterocycles. The van der Waals surface area contributed by atoms with E-state index in [0.717, 1.165) is 5.69 Å². The SMILES string of the molecule is O=C(O)CCCNc1ccc(F)cc1. The van der Waals surface area contributed by atoms with Crippen molar-refractivity contribution < 1.29 is 14.3 Å². The Morgan fingerprint density at radius 1 is 1.36 bits per heavy atom. The maximum Gasteiger partial charge on any atom is 0.303 e. The summed E-state index contributed by atoms with van der Waals surface area (Å²) in [5.41, 5.74) is 0.803. The van der Waals surface area contributed by atoms with E-state index in [-0.39, 0.29) is 12.2 Å². The first-order valence-electron chi connectivity index (χ1n) is 4.40. The molecule has 0 aliphatic carbocycles. The van der Waals surface area contributed by atoms with Gasteiger partial charge < -0.3 is 10.4 Å². The molecule has 0 fully saturated rings. The molecule has 76 valence electrons. The first kappa shape index (κ1) is 10.5. The van der Waals surface area contributed by atoms with Gasteiger partial charge in [-0.2, -0.15) is 0 Å². The molecular weight excluding hydrogens is 185 g/mol. The Bertz CT molecular complexity index is 297. The van der Waals surface area contributed by atoms with Crippen molar-refractivity contribution in [2.24, 2.45) is 0 Å². The lowest BCUT2D eigenvalue weighted by atomic mass is 10.3. The van der Waals surface area contributed by atoms with Crippen molar-refractivity contribution in [3.05, 3.63) is 30.1 Å². The molecule has 0 saturated heterocycles. The largest absolute Gasteiger partial charge is 0.481 e. The molecule has 0 unspecified atom stereocenters. The molecule has 1 aromatic carbocycles. The summed E-state index contributed by atoms with van der Waals surface area (Å²) < 4.78 is 12.5. The molecule has 4 heteroatoms. The molecule has 0 spiro atoms. The first-order valence-corrected chi connectivity index (χ1v) is 4.40. The number of carboxylic acids is 1. The molecule has 0 aromatic heterocycles. The van der Waals surface area contributed by atoms with Crippen LogP contribution >= 0.6 is 0 Å². The van der Waals surface area contributed by atoms with E-state index in [1.165, 1.54) is 12.1 Å². The maximum atomic E-state index is 12.5. The van der Waals surface area contributed by atoms with E-state index in [1.807, 2.05) is 0 Å². The van der Waals surface area contributed by atoms with Gasteiger partial charge in [0.2, 0.25) is 0 Å². The second-order valence-corrected chi connectivity index (χ2v) is 2.93. The predicted octanol–water partition coefficient (Wildman–Crippen LogP) is 2.10. The molecule has 1 rings (SSSR count). The Kier molecular flexibility index (Phi) is 3.91. The van der Waals surface area contributed by atoms with Gasteiger partial charge in [-0.25, -0.2) is 4.39 Å². The van der Waals surface area contributed by atoms with Crippen LogP contribution in [0.5, 0.6) is 0 Å². The molecule has 0 saturated carbocycles. The topological polar surface area (TPSA) is 49.3 Å². The van der Waals surface area contributed by atoms with E-state index in [1.54, 1.807) is 12.1 Å². The number of carbonyl (C=O) groups is 1. The lowest BCUT2D eigenvalue weighted by Gasteiger charge is -2.04. The van der Waals surface area contributed by atoms with Crippen LogP contribution in [0.25, 0.3) is 0 Å².